The fourth-order valence-corrected chi connectivity index (χ4v) is 1.29. The summed E-state index contributed by atoms with van der Waals surface area (Å²) in [5.74, 6) is 0.720. The van der Waals surface area contributed by atoms with Gasteiger partial charge in [-0.05, 0) is 26.7 Å². The molecule has 11 heavy (non-hydrogen) atoms. The summed E-state index contributed by atoms with van der Waals surface area (Å²) in [4.78, 5) is 6.43. The zero-order valence-corrected chi connectivity index (χ0v) is 7.38. The lowest BCUT2D eigenvalue weighted by Crippen LogP contribution is -2.35. The average molecular weight is 155 g/mol. The monoisotopic (exact) mass is 155 g/mol. The molecule has 1 heterocycles. The molecule has 0 aromatic heterocycles. The Hall–Kier alpha value is -0.730. The zero-order chi connectivity index (χ0) is 8.27. The number of hydrogen-bond acceptors (Lipinski definition) is 1. The van der Waals surface area contributed by atoms with E-state index in [0.717, 1.165) is 19.0 Å². The van der Waals surface area contributed by atoms with Gasteiger partial charge in [0.05, 0.1) is 0 Å². The first-order valence-electron chi connectivity index (χ1n) is 4.28. The van der Waals surface area contributed by atoms with E-state index >= 15 is 0 Å². The molecule has 0 aliphatic carbocycles. The second-order valence-electron chi connectivity index (χ2n) is 3.28. The molecule has 3 heteroatoms. The summed E-state index contributed by atoms with van der Waals surface area (Å²) >= 11 is 0. The Bertz CT molecular complexity index is 145. The van der Waals surface area contributed by atoms with E-state index in [2.05, 4.69) is 9.89 Å². The highest BCUT2D eigenvalue weighted by Crippen LogP contribution is 2.06. The van der Waals surface area contributed by atoms with E-state index in [1.807, 2.05) is 13.8 Å². The molecule has 1 fully saturated rings. The van der Waals surface area contributed by atoms with Gasteiger partial charge in [0.2, 0.25) is 0 Å². The van der Waals surface area contributed by atoms with Gasteiger partial charge in [0, 0.05) is 19.1 Å². The predicted octanol–water partition coefficient (Wildman–Crippen LogP) is 0.805. The average Bonchev–Trinajstić information content (AvgIpc) is 2.35. The fraction of sp³-hybridized carbons (Fsp3) is 0.875. The lowest BCUT2D eigenvalue weighted by atomic mass is 10.4. The lowest BCUT2D eigenvalue weighted by Gasteiger charge is -2.16. The standard InChI is InChI=1S/C8H17N3/c1-7(2)10-8(9)11-5-3-4-6-11/h7H,3-6H2,1-2H3,(H2,9,10). The van der Waals surface area contributed by atoms with Crippen LogP contribution in [-0.2, 0) is 0 Å². The molecular formula is C8H17N3. The Kier molecular flexibility index (Phi) is 2.74. The van der Waals surface area contributed by atoms with Crippen LogP contribution in [0.4, 0.5) is 0 Å². The molecule has 0 spiro atoms. The van der Waals surface area contributed by atoms with Crippen molar-refractivity contribution in [3.05, 3.63) is 0 Å². The lowest BCUT2D eigenvalue weighted by molar-refractivity contribution is 0.507. The molecule has 0 bridgehead atoms. The molecule has 2 N–H and O–H groups in total. The van der Waals surface area contributed by atoms with Crippen molar-refractivity contribution in [2.45, 2.75) is 32.7 Å². The largest absolute Gasteiger partial charge is 0.370 e. The molecule has 1 aliphatic rings. The maximum Gasteiger partial charge on any atom is 0.191 e. The third-order valence-electron chi connectivity index (χ3n) is 1.82. The molecule has 0 saturated carbocycles. The van der Waals surface area contributed by atoms with Gasteiger partial charge < -0.3 is 10.6 Å². The number of rotatable bonds is 1. The van der Waals surface area contributed by atoms with Gasteiger partial charge in [-0.3, -0.25) is 4.99 Å². The maximum atomic E-state index is 5.76. The van der Waals surface area contributed by atoms with Gasteiger partial charge in [-0.1, -0.05) is 0 Å². The minimum Gasteiger partial charge on any atom is -0.370 e. The van der Waals surface area contributed by atoms with Crippen LogP contribution in [0.25, 0.3) is 0 Å². The first kappa shape index (κ1) is 8.37. The van der Waals surface area contributed by atoms with Gasteiger partial charge in [-0.25, -0.2) is 0 Å². The molecule has 1 aliphatic heterocycles. The summed E-state index contributed by atoms with van der Waals surface area (Å²) in [6, 6.07) is 0.315. The van der Waals surface area contributed by atoms with E-state index in [9.17, 15) is 0 Å². The minimum absolute atomic E-state index is 0.315. The first-order chi connectivity index (χ1) is 5.20. The van der Waals surface area contributed by atoms with Crippen molar-refractivity contribution >= 4 is 5.96 Å². The highest BCUT2D eigenvalue weighted by Gasteiger charge is 2.12. The van der Waals surface area contributed by atoms with Crippen molar-refractivity contribution in [3.8, 4) is 0 Å². The summed E-state index contributed by atoms with van der Waals surface area (Å²) in [5, 5.41) is 0. The molecule has 64 valence electrons. The summed E-state index contributed by atoms with van der Waals surface area (Å²) in [5.41, 5.74) is 5.76. The molecule has 0 aromatic carbocycles. The topological polar surface area (TPSA) is 41.6 Å². The van der Waals surface area contributed by atoms with E-state index in [-0.39, 0.29) is 0 Å². The van der Waals surface area contributed by atoms with Crippen molar-refractivity contribution < 1.29 is 0 Å². The van der Waals surface area contributed by atoms with Crippen LogP contribution in [0.1, 0.15) is 26.7 Å². The molecule has 1 saturated heterocycles. The highest BCUT2D eigenvalue weighted by atomic mass is 15.3. The van der Waals surface area contributed by atoms with Crippen LogP contribution in [0, 0.1) is 0 Å². The third-order valence-corrected chi connectivity index (χ3v) is 1.82. The normalized spacial score (nSPS) is 19.9. The highest BCUT2D eigenvalue weighted by molar-refractivity contribution is 5.78. The molecule has 3 nitrogen and oxygen atoms in total. The second kappa shape index (κ2) is 3.60. The molecule has 0 atom stereocenters. The molecular weight excluding hydrogens is 138 g/mol. The van der Waals surface area contributed by atoms with Crippen molar-refractivity contribution in [2.75, 3.05) is 13.1 Å². The van der Waals surface area contributed by atoms with E-state index in [4.69, 9.17) is 5.73 Å². The van der Waals surface area contributed by atoms with Crippen LogP contribution in [-0.4, -0.2) is 30.0 Å². The van der Waals surface area contributed by atoms with Crippen LogP contribution in [0.3, 0.4) is 0 Å². The number of nitrogens with zero attached hydrogens (tertiary/aromatic N) is 2. The van der Waals surface area contributed by atoms with Crippen LogP contribution in [0.2, 0.25) is 0 Å². The van der Waals surface area contributed by atoms with Gasteiger partial charge in [0.25, 0.3) is 0 Å². The Morgan fingerprint density at radius 3 is 2.36 bits per heavy atom. The molecule has 0 amide bonds. The molecule has 0 aromatic rings. The Labute approximate surface area is 68.3 Å². The van der Waals surface area contributed by atoms with Gasteiger partial charge in [-0.2, -0.15) is 0 Å². The maximum absolute atomic E-state index is 5.76. The number of nitrogens with two attached hydrogens (primary N) is 1. The second-order valence-corrected chi connectivity index (χ2v) is 3.28. The summed E-state index contributed by atoms with van der Waals surface area (Å²) in [7, 11) is 0. The van der Waals surface area contributed by atoms with E-state index in [1.165, 1.54) is 12.8 Å². The van der Waals surface area contributed by atoms with Crippen LogP contribution in [0.15, 0.2) is 4.99 Å². The minimum atomic E-state index is 0.315. The number of guanidine groups is 1. The van der Waals surface area contributed by atoms with Crippen molar-refractivity contribution in [1.82, 2.24) is 4.90 Å². The number of hydrogen-bond donors (Lipinski definition) is 1. The SMILES string of the molecule is CC(C)N=C(N)N1CCCC1. The van der Waals surface area contributed by atoms with Crippen molar-refractivity contribution in [2.24, 2.45) is 10.7 Å². The smallest absolute Gasteiger partial charge is 0.191 e. The Morgan fingerprint density at radius 1 is 1.36 bits per heavy atom. The van der Waals surface area contributed by atoms with Crippen molar-refractivity contribution in [3.63, 3.8) is 0 Å². The van der Waals surface area contributed by atoms with E-state index in [1.54, 1.807) is 0 Å². The first-order valence-corrected chi connectivity index (χ1v) is 4.28. The quantitative estimate of drug-likeness (QED) is 0.449. The summed E-state index contributed by atoms with van der Waals surface area (Å²) in [6.07, 6.45) is 2.52. The Morgan fingerprint density at radius 2 is 1.91 bits per heavy atom. The van der Waals surface area contributed by atoms with Gasteiger partial charge >= 0.3 is 0 Å². The number of aliphatic imine (C=N–C) groups is 1. The summed E-state index contributed by atoms with van der Waals surface area (Å²) in [6.45, 7) is 6.26. The summed E-state index contributed by atoms with van der Waals surface area (Å²) < 4.78 is 0. The fourth-order valence-electron chi connectivity index (χ4n) is 1.29. The van der Waals surface area contributed by atoms with Gasteiger partial charge in [0.1, 0.15) is 0 Å². The van der Waals surface area contributed by atoms with E-state index in [0.29, 0.717) is 6.04 Å². The van der Waals surface area contributed by atoms with Crippen LogP contribution < -0.4 is 5.73 Å². The predicted molar refractivity (Wildman–Crippen MR) is 47.6 cm³/mol. The third kappa shape index (κ3) is 2.41. The molecule has 1 rings (SSSR count). The van der Waals surface area contributed by atoms with Gasteiger partial charge in [0.15, 0.2) is 5.96 Å². The zero-order valence-electron chi connectivity index (χ0n) is 7.38. The van der Waals surface area contributed by atoms with E-state index < -0.39 is 0 Å². The van der Waals surface area contributed by atoms with Crippen LogP contribution in [0.5, 0.6) is 0 Å². The van der Waals surface area contributed by atoms with Gasteiger partial charge in [-0.15, -0.1) is 0 Å². The Balaban J connectivity index is 2.45. The molecule has 0 unspecified atom stereocenters. The van der Waals surface area contributed by atoms with Crippen molar-refractivity contribution in [1.29, 1.82) is 0 Å². The number of likely N-dealkylation sites (tertiary alicyclic amines) is 1. The van der Waals surface area contributed by atoms with Crippen LogP contribution >= 0.6 is 0 Å². The molecule has 0 radical (unpaired) electrons.